The number of nitrogens with one attached hydrogen (secondary N) is 1. The lowest BCUT2D eigenvalue weighted by molar-refractivity contribution is 0.469. The van der Waals surface area contributed by atoms with Crippen molar-refractivity contribution in [2.45, 2.75) is 20.4 Å². The second kappa shape index (κ2) is 4.82. The van der Waals surface area contributed by atoms with Gasteiger partial charge in [-0.05, 0) is 19.9 Å². The predicted molar refractivity (Wildman–Crippen MR) is 66.9 cm³/mol. The number of aromatic nitrogens is 2. The molecule has 0 spiro atoms. The fourth-order valence-corrected chi connectivity index (χ4v) is 1.65. The third-order valence-electron chi connectivity index (χ3n) is 2.42. The molecule has 0 unspecified atom stereocenters. The van der Waals surface area contributed by atoms with Gasteiger partial charge in [0.05, 0.1) is 0 Å². The van der Waals surface area contributed by atoms with Crippen LogP contribution in [0.5, 0.6) is 5.75 Å². The van der Waals surface area contributed by atoms with Crippen LogP contribution in [0.15, 0.2) is 30.3 Å². The van der Waals surface area contributed by atoms with Gasteiger partial charge in [-0.25, -0.2) is 9.97 Å². The number of phenolic OH excluding ortho intramolecular Hbond substituents is 1. The molecule has 0 radical (unpaired) electrons. The molecule has 1 heterocycles. The molecule has 2 aromatic rings. The molecule has 0 aliphatic heterocycles. The normalized spacial score (nSPS) is 10.2. The number of aryl methyl sites for hydroxylation is 2. The Bertz CT molecular complexity index is 506. The molecule has 0 saturated heterocycles. The summed E-state index contributed by atoms with van der Waals surface area (Å²) in [4.78, 5) is 8.48. The molecule has 2 rings (SSSR count). The molecule has 0 saturated carbocycles. The van der Waals surface area contributed by atoms with Gasteiger partial charge in [-0.2, -0.15) is 0 Å². The second-order valence-corrected chi connectivity index (χ2v) is 3.92. The molecule has 0 aliphatic rings. The molecule has 1 aromatic carbocycles. The Hall–Kier alpha value is -2.10. The Kier molecular flexibility index (Phi) is 3.23. The van der Waals surface area contributed by atoms with Crippen LogP contribution in [0.3, 0.4) is 0 Å². The van der Waals surface area contributed by atoms with E-state index in [1.807, 2.05) is 32.0 Å². The minimum atomic E-state index is 0.294. The first kappa shape index (κ1) is 11.4. The summed E-state index contributed by atoms with van der Waals surface area (Å²) in [5.74, 6) is 1.81. The van der Waals surface area contributed by atoms with Gasteiger partial charge in [-0.1, -0.05) is 18.2 Å². The molecule has 2 N–H and O–H groups in total. The lowest BCUT2D eigenvalue weighted by Gasteiger charge is -2.08. The van der Waals surface area contributed by atoms with E-state index in [0.717, 1.165) is 22.9 Å². The first-order chi connectivity index (χ1) is 8.15. The average Bonchev–Trinajstić information content (AvgIpc) is 2.27. The molecular formula is C13H15N3O. The third-order valence-corrected chi connectivity index (χ3v) is 2.42. The number of anilines is 1. The van der Waals surface area contributed by atoms with Crippen molar-refractivity contribution in [2.75, 3.05) is 5.32 Å². The molecule has 0 bridgehead atoms. The molecule has 4 heteroatoms. The number of hydrogen-bond donors (Lipinski definition) is 2. The number of para-hydroxylation sites is 1. The Morgan fingerprint density at radius 1 is 1.18 bits per heavy atom. The lowest BCUT2D eigenvalue weighted by atomic mass is 10.2. The average molecular weight is 229 g/mol. The highest BCUT2D eigenvalue weighted by Gasteiger charge is 2.01. The van der Waals surface area contributed by atoms with Gasteiger partial charge in [0.2, 0.25) is 0 Å². The maximum Gasteiger partial charge on any atom is 0.130 e. The fraction of sp³-hybridized carbons (Fsp3) is 0.231. The summed E-state index contributed by atoms with van der Waals surface area (Å²) >= 11 is 0. The van der Waals surface area contributed by atoms with Gasteiger partial charge >= 0.3 is 0 Å². The minimum Gasteiger partial charge on any atom is -0.508 e. The Labute approximate surface area is 100 Å². The van der Waals surface area contributed by atoms with Gasteiger partial charge in [0, 0.05) is 23.9 Å². The van der Waals surface area contributed by atoms with Gasteiger partial charge in [0.1, 0.15) is 17.4 Å². The summed E-state index contributed by atoms with van der Waals surface area (Å²) in [5, 5.41) is 12.8. The minimum absolute atomic E-state index is 0.294. The molecule has 0 amide bonds. The van der Waals surface area contributed by atoms with Crippen LogP contribution in [0.25, 0.3) is 0 Å². The van der Waals surface area contributed by atoms with Crippen LogP contribution in [0.4, 0.5) is 5.82 Å². The largest absolute Gasteiger partial charge is 0.508 e. The van der Waals surface area contributed by atoms with E-state index >= 15 is 0 Å². The molecule has 0 fully saturated rings. The second-order valence-electron chi connectivity index (χ2n) is 3.92. The topological polar surface area (TPSA) is 58.0 Å². The van der Waals surface area contributed by atoms with Crippen molar-refractivity contribution >= 4 is 5.82 Å². The lowest BCUT2D eigenvalue weighted by Crippen LogP contribution is -2.04. The SMILES string of the molecule is Cc1cc(NCc2ccccc2O)nc(C)n1. The van der Waals surface area contributed by atoms with E-state index < -0.39 is 0 Å². The molecule has 88 valence electrons. The highest BCUT2D eigenvalue weighted by atomic mass is 16.3. The summed E-state index contributed by atoms with van der Waals surface area (Å²) in [6, 6.07) is 9.13. The summed E-state index contributed by atoms with van der Waals surface area (Å²) in [6.07, 6.45) is 0. The highest BCUT2D eigenvalue weighted by molar-refractivity contribution is 5.40. The Morgan fingerprint density at radius 3 is 2.65 bits per heavy atom. The highest BCUT2D eigenvalue weighted by Crippen LogP contribution is 2.17. The summed E-state index contributed by atoms with van der Waals surface area (Å²) in [7, 11) is 0. The number of benzene rings is 1. The van der Waals surface area contributed by atoms with Gasteiger partial charge in [-0.15, -0.1) is 0 Å². The van der Waals surface area contributed by atoms with Crippen LogP contribution in [0.2, 0.25) is 0 Å². The number of aromatic hydroxyl groups is 1. The maximum atomic E-state index is 9.62. The zero-order valence-corrected chi connectivity index (χ0v) is 9.94. The van der Waals surface area contributed by atoms with Crippen molar-refractivity contribution in [1.82, 2.24) is 9.97 Å². The third kappa shape index (κ3) is 2.93. The van der Waals surface area contributed by atoms with Crippen molar-refractivity contribution in [3.05, 3.63) is 47.4 Å². The van der Waals surface area contributed by atoms with Crippen molar-refractivity contribution in [1.29, 1.82) is 0 Å². The fourth-order valence-electron chi connectivity index (χ4n) is 1.65. The van der Waals surface area contributed by atoms with E-state index in [1.165, 1.54) is 0 Å². The number of nitrogens with zero attached hydrogens (tertiary/aromatic N) is 2. The van der Waals surface area contributed by atoms with Gasteiger partial charge in [0.25, 0.3) is 0 Å². The van der Waals surface area contributed by atoms with E-state index in [0.29, 0.717) is 12.3 Å². The zero-order valence-electron chi connectivity index (χ0n) is 9.94. The van der Waals surface area contributed by atoms with E-state index in [1.54, 1.807) is 12.1 Å². The standard InChI is InChI=1S/C13H15N3O/c1-9-7-13(16-10(2)15-9)14-8-11-5-3-4-6-12(11)17/h3-7,17H,8H2,1-2H3,(H,14,15,16). The molecular weight excluding hydrogens is 214 g/mol. The first-order valence-corrected chi connectivity index (χ1v) is 5.48. The predicted octanol–water partition coefficient (Wildman–Crippen LogP) is 2.41. The smallest absolute Gasteiger partial charge is 0.130 e. The van der Waals surface area contributed by atoms with E-state index in [2.05, 4.69) is 15.3 Å². The Morgan fingerprint density at radius 2 is 1.94 bits per heavy atom. The van der Waals surface area contributed by atoms with Crippen molar-refractivity contribution in [3.63, 3.8) is 0 Å². The van der Waals surface area contributed by atoms with Gasteiger partial charge < -0.3 is 10.4 Å². The number of phenols is 1. The van der Waals surface area contributed by atoms with Gasteiger partial charge in [0.15, 0.2) is 0 Å². The van der Waals surface area contributed by atoms with Crippen LogP contribution < -0.4 is 5.32 Å². The quantitative estimate of drug-likeness (QED) is 0.848. The first-order valence-electron chi connectivity index (χ1n) is 5.48. The molecule has 17 heavy (non-hydrogen) atoms. The van der Waals surface area contributed by atoms with Gasteiger partial charge in [-0.3, -0.25) is 0 Å². The van der Waals surface area contributed by atoms with E-state index in [4.69, 9.17) is 0 Å². The van der Waals surface area contributed by atoms with Crippen LogP contribution in [0.1, 0.15) is 17.1 Å². The van der Waals surface area contributed by atoms with Crippen LogP contribution in [-0.2, 0) is 6.54 Å². The Balaban J connectivity index is 2.10. The molecule has 1 aromatic heterocycles. The number of hydrogen-bond acceptors (Lipinski definition) is 4. The summed E-state index contributed by atoms with van der Waals surface area (Å²) in [6.45, 7) is 4.33. The van der Waals surface area contributed by atoms with Crippen molar-refractivity contribution in [3.8, 4) is 5.75 Å². The van der Waals surface area contributed by atoms with E-state index in [9.17, 15) is 5.11 Å². The summed E-state index contributed by atoms with van der Waals surface area (Å²) in [5.41, 5.74) is 1.78. The maximum absolute atomic E-state index is 9.62. The monoisotopic (exact) mass is 229 g/mol. The number of rotatable bonds is 3. The van der Waals surface area contributed by atoms with Crippen LogP contribution >= 0.6 is 0 Å². The van der Waals surface area contributed by atoms with Crippen molar-refractivity contribution < 1.29 is 5.11 Å². The zero-order chi connectivity index (χ0) is 12.3. The molecule has 0 aliphatic carbocycles. The van der Waals surface area contributed by atoms with Crippen LogP contribution in [-0.4, -0.2) is 15.1 Å². The van der Waals surface area contributed by atoms with Crippen LogP contribution in [0, 0.1) is 13.8 Å². The summed E-state index contributed by atoms with van der Waals surface area (Å²) < 4.78 is 0. The molecule has 0 atom stereocenters. The van der Waals surface area contributed by atoms with Crippen molar-refractivity contribution in [2.24, 2.45) is 0 Å². The van der Waals surface area contributed by atoms with E-state index in [-0.39, 0.29) is 0 Å². The molecule has 4 nitrogen and oxygen atoms in total.